The second-order valence-electron chi connectivity index (χ2n) is 8.04. The number of rotatable bonds is 3. The third kappa shape index (κ3) is 3.63. The van der Waals surface area contributed by atoms with Gasteiger partial charge in [0.25, 0.3) is 5.69 Å². The van der Waals surface area contributed by atoms with Gasteiger partial charge in [-0.2, -0.15) is 0 Å². The van der Waals surface area contributed by atoms with Crippen LogP contribution in [0.3, 0.4) is 0 Å². The van der Waals surface area contributed by atoms with Crippen molar-refractivity contribution >= 4 is 34.4 Å². The van der Waals surface area contributed by atoms with Crippen molar-refractivity contribution in [2.45, 2.75) is 24.8 Å². The minimum absolute atomic E-state index is 0.000446. The molecule has 0 saturated carbocycles. The number of anilines is 2. The molecule has 3 aromatic rings. The molecule has 0 amide bonds. The summed E-state index contributed by atoms with van der Waals surface area (Å²) in [5, 5.41) is 18.7. The Kier molecular flexibility index (Phi) is 5.15. The van der Waals surface area contributed by atoms with Gasteiger partial charge in [-0.3, -0.25) is 14.9 Å². The fourth-order valence-corrected chi connectivity index (χ4v) is 4.78. The van der Waals surface area contributed by atoms with Crippen LogP contribution in [0.2, 0.25) is 5.02 Å². The number of allylic oxidation sites excluding steroid dienone is 1. The van der Waals surface area contributed by atoms with Crippen LogP contribution in [-0.2, 0) is 4.79 Å². The number of non-ortho nitro benzene ring substituents is 1. The maximum atomic E-state index is 13.5. The number of halogens is 1. The summed E-state index contributed by atoms with van der Waals surface area (Å²) in [5.74, 6) is 0.0573. The van der Waals surface area contributed by atoms with Gasteiger partial charge in [-0.25, -0.2) is 0 Å². The van der Waals surface area contributed by atoms with E-state index in [-0.39, 0.29) is 17.4 Å². The summed E-state index contributed by atoms with van der Waals surface area (Å²) in [4.78, 5) is 24.5. The maximum Gasteiger partial charge on any atom is 0.269 e. The van der Waals surface area contributed by atoms with Gasteiger partial charge < -0.3 is 10.6 Å². The van der Waals surface area contributed by atoms with Crippen molar-refractivity contribution in [2.24, 2.45) is 0 Å². The average Bonchev–Trinajstić information content (AvgIpc) is 2.96. The second kappa shape index (κ2) is 8.13. The minimum atomic E-state index is -0.599. The number of carbonyl (C=O) groups excluding carboxylic acids is 1. The molecule has 0 spiro atoms. The first-order valence-corrected chi connectivity index (χ1v) is 10.8. The van der Waals surface area contributed by atoms with Gasteiger partial charge in [0.05, 0.1) is 22.3 Å². The monoisotopic (exact) mass is 445 g/mol. The molecule has 32 heavy (non-hydrogen) atoms. The molecule has 0 fully saturated rings. The van der Waals surface area contributed by atoms with Crippen molar-refractivity contribution in [3.05, 3.63) is 110 Å². The first kappa shape index (κ1) is 20.3. The molecule has 3 aromatic carbocycles. The van der Waals surface area contributed by atoms with E-state index in [0.29, 0.717) is 29.0 Å². The lowest BCUT2D eigenvalue weighted by molar-refractivity contribution is -0.384. The molecule has 160 valence electrons. The smallest absolute Gasteiger partial charge is 0.269 e. The zero-order valence-corrected chi connectivity index (χ0v) is 17.8. The molecule has 1 aliphatic carbocycles. The minimum Gasteiger partial charge on any atom is -0.372 e. The van der Waals surface area contributed by atoms with Crippen molar-refractivity contribution in [1.29, 1.82) is 0 Å². The number of hydrogen-bond acceptors (Lipinski definition) is 5. The topological polar surface area (TPSA) is 84.3 Å². The predicted octanol–water partition coefficient (Wildman–Crippen LogP) is 6.23. The number of para-hydroxylation sites is 2. The van der Waals surface area contributed by atoms with Gasteiger partial charge in [0, 0.05) is 40.4 Å². The highest BCUT2D eigenvalue weighted by Gasteiger charge is 2.37. The van der Waals surface area contributed by atoms with Crippen LogP contribution in [0.4, 0.5) is 17.1 Å². The third-order valence-electron chi connectivity index (χ3n) is 6.08. The number of nitrogens with one attached hydrogen (secondary N) is 2. The Morgan fingerprint density at radius 1 is 0.938 bits per heavy atom. The number of benzene rings is 3. The Morgan fingerprint density at radius 3 is 2.41 bits per heavy atom. The van der Waals surface area contributed by atoms with Gasteiger partial charge >= 0.3 is 0 Å². The van der Waals surface area contributed by atoms with Crippen LogP contribution < -0.4 is 10.6 Å². The van der Waals surface area contributed by atoms with Gasteiger partial charge in [0.2, 0.25) is 0 Å². The van der Waals surface area contributed by atoms with Gasteiger partial charge in [-0.15, -0.1) is 0 Å². The number of carbonyl (C=O) groups is 1. The Morgan fingerprint density at radius 2 is 1.66 bits per heavy atom. The van der Waals surface area contributed by atoms with Crippen LogP contribution in [0.15, 0.2) is 84.1 Å². The van der Waals surface area contributed by atoms with E-state index in [0.717, 1.165) is 22.6 Å². The van der Waals surface area contributed by atoms with Crippen LogP contribution in [0, 0.1) is 10.1 Å². The largest absolute Gasteiger partial charge is 0.372 e. The number of nitro groups is 1. The zero-order chi connectivity index (χ0) is 22.2. The van der Waals surface area contributed by atoms with E-state index in [2.05, 4.69) is 10.6 Å². The Hall–Kier alpha value is -3.64. The highest BCUT2D eigenvalue weighted by molar-refractivity contribution is 6.31. The van der Waals surface area contributed by atoms with Crippen LogP contribution in [0.1, 0.15) is 35.9 Å². The molecule has 1 heterocycles. The molecule has 0 aromatic heterocycles. The van der Waals surface area contributed by atoms with E-state index in [1.807, 2.05) is 54.6 Å². The Bertz CT molecular complexity index is 1260. The summed E-state index contributed by atoms with van der Waals surface area (Å²) in [6, 6.07) is 21.4. The second-order valence-corrected chi connectivity index (χ2v) is 8.45. The number of fused-ring (bicyclic) bond motifs is 1. The molecule has 2 atom stereocenters. The van der Waals surface area contributed by atoms with E-state index in [1.54, 1.807) is 0 Å². The lowest BCUT2D eigenvalue weighted by Gasteiger charge is -2.30. The normalized spacial score (nSPS) is 19.8. The molecule has 1 aliphatic heterocycles. The summed E-state index contributed by atoms with van der Waals surface area (Å²) in [5.41, 5.74) is 4.62. The fraction of sp³-hybridized carbons (Fsp3) is 0.160. The van der Waals surface area contributed by atoms with Crippen molar-refractivity contribution in [1.82, 2.24) is 0 Å². The number of Topliss-reactive ketones (excluding diaryl/α,β-unsaturated/α-hetero) is 1. The molecule has 0 bridgehead atoms. The maximum absolute atomic E-state index is 13.5. The average molecular weight is 446 g/mol. The fourth-order valence-electron chi connectivity index (χ4n) is 4.55. The molecule has 0 radical (unpaired) electrons. The highest BCUT2D eigenvalue weighted by Crippen LogP contribution is 2.45. The number of nitrogens with zero attached hydrogens (tertiary/aromatic N) is 1. The molecule has 5 rings (SSSR count). The summed E-state index contributed by atoms with van der Waals surface area (Å²) >= 11 is 6.50. The van der Waals surface area contributed by atoms with Crippen LogP contribution >= 0.6 is 11.6 Å². The molecule has 2 N–H and O–H groups in total. The lowest BCUT2D eigenvalue weighted by Crippen LogP contribution is -2.27. The molecular formula is C25H20ClN3O3. The van der Waals surface area contributed by atoms with Crippen molar-refractivity contribution in [3.63, 3.8) is 0 Å². The van der Waals surface area contributed by atoms with E-state index in [9.17, 15) is 14.9 Å². The van der Waals surface area contributed by atoms with E-state index in [4.69, 9.17) is 11.6 Å². The van der Waals surface area contributed by atoms with Crippen LogP contribution in [-0.4, -0.2) is 10.7 Å². The molecule has 0 unspecified atom stereocenters. The van der Waals surface area contributed by atoms with Crippen molar-refractivity contribution < 1.29 is 9.72 Å². The van der Waals surface area contributed by atoms with Gasteiger partial charge in [0.1, 0.15) is 0 Å². The SMILES string of the molecule is O=C1C[C@H](c2ccccc2)CC2=C1[C@H](c1cc([N+](=O)[O-])ccc1Cl)Nc1ccccc1N2. The summed E-state index contributed by atoms with van der Waals surface area (Å²) < 4.78 is 0. The van der Waals surface area contributed by atoms with E-state index in [1.165, 1.54) is 18.2 Å². The third-order valence-corrected chi connectivity index (χ3v) is 6.43. The van der Waals surface area contributed by atoms with Crippen molar-refractivity contribution in [2.75, 3.05) is 10.6 Å². The van der Waals surface area contributed by atoms with Gasteiger partial charge in [-0.05, 0) is 36.1 Å². The predicted molar refractivity (Wildman–Crippen MR) is 125 cm³/mol. The first-order valence-electron chi connectivity index (χ1n) is 10.4. The molecule has 7 heteroatoms. The Labute approximate surface area is 190 Å². The van der Waals surface area contributed by atoms with Gasteiger partial charge in [-0.1, -0.05) is 54.1 Å². The Balaban J connectivity index is 1.66. The molecular weight excluding hydrogens is 426 g/mol. The molecule has 0 saturated heterocycles. The first-order chi connectivity index (χ1) is 15.5. The number of ketones is 1. The van der Waals surface area contributed by atoms with E-state index < -0.39 is 11.0 Å². The van der Waals surface area contributed by atoms with Gasteiger partial charge in [0.15, 0.2) is 5.78 Å². The summed E-state index contributed by atoms with van der Waals surface area (Å²) in [6.45, 7) is 0. The lowest BCUT2D eigenvalue weighted by atomic mass is 9.78. The van der Waals surface area contributed by atoms with Crippen LogP contribution in [0.25, 0.3) is 0 Å². The molecule has 2 aliphatic rings. The molecule has 6 nitrogen and oxygen atoms in total. The van der Waals surface area contributed by atoms with Crippen molar-refractivity contribution in [3.8, 4) is 0 Å². The zero-order valence-electron chi connectivity index (χ0n) is 17.0. The number of hydrogen-bond donors (Lipinski definition) is 2. The van der Waals surface area contributed by atoms with Crippen LogP contribution in [0.5, 0.6) is 0 Å². The quantitative estimate of drug-likeness (QED) is 0.369. The highest BCUT2D eigenvalue weighted by atomic mass is 35.5. The summed E-state index contributed by atoms with van der Waals surface area (Å²) in [6.07, 6.45) is 1.02. The number of nitro benzene ring substituents is 1. The van der Waals surface area contributed by atoms with E-state index >= 15 is 0 Å². The standard InChI is InChI=1S/C25H20ClN3O3/c26-19-11-10-17(29(31)32)14-18(19)25-24-22(27-20-8-4-5-9-21(20)28-25)12-16(13-23(24)30)15-6-2-1-3-7-15/h1-11,14,16,25,27-28H,12-13H2/t16-,25+/m1/s1. The summed E-state index contributed by atoms with van der Waals surface area (Å²) in [7, 11) is 0.